The molecule has 1 heterocycles. The number of benzene rings is 1. The summed E-state index contributed by atoms with van der Waals surface area (Å²) in [5, 5.41) is 1.93. The molecule has 0 radical (unpaired) electrons. The molecule has 1 atom stereocenters. The Bertz CT molecular complexity index is 521. The van der Waals surface area contributed by atoms with Crippen LogP contribution in [-0.4, -0.2) is 6.54 Å². The largest absolute Gasteiger partial charge is 0.483 e. The number of halogens is 2. The molecule has 0 saturated carbocycles. The molecule has 96 valence electrons. The van der Waals surface area contributed by atoms with Crippen molar-refractivity contribution in [2.24, 2.45) is 5.73 Å². The Labute approximate surface area is 108 Å². The number of thiophene rings is 1. The average Bonchev–Trinajstić information content (AvgIpc) is 2.71. The fraction of sp³-hybridized carbons (Fsp3) is 0.231. The molecule has 5 heteroatoms. The Kier molecular flexibility index (Phi) is 3.93. The summed E-state index contributed by atoms with van der Waals surface area (Å²) < 4.78 is 31.7. The molecule has 2 nitrogen and oxygen atoms in total. The summed E-state index contributed by atoms with van der Waals surface area (Å²) in [5.74, 6) is -1.18. The summed E-state index contributed by atoms with van der Waals surface area (Å²) in [6.07, 6.45) is -0.383. The highest BCUT2D eigenvalue weighted by molar-refractivity contribution is 7.10. The smallest absolute Gasteiger partial charge is 0.145 e. The monoisotopic (exact) mass is 269 g/mol. The number of ether oxygens (including phenoxy) is 1. The second-order valence-electron chi connectivity index (χ2n) is 3.92. The predicted molar refractivity (Wildman–Crippen MR) is 67.8 cm³/mol. The first-order valence-electron chi connectivity index (χ1n) is 5.47. The molecule has 0 spiro atoms. The van der Waals surface area contributed by atoms with E-state index in [1.165, 1.54) is 11.3 Å². The Balaban J connectivity index is 2.23. The lowest BCUT2D eigenvalue weighted by atomic mass is 10.2. The summed E-state index contributed by atoms with van der Waals surface area (Å²) in [4.78, 5) is 0.974. The molecule has 1 aromatic heterocycles. The Morgan fingerprint density at radius 3 is 2.44 bits per heavy atom. The van der Waals surface area contributed by atoms with E-state index >= 15 is 0 Å². The van der Waals surface area contributed by atoms with Gasteiger partial charge in [0.15, 0.2) is 0 Å². The fourth-order valence-corrected chi connectivity index (χ4v) is 2.65. The first-order chi connectivity index (χ1) is 8.60. The van der Waals surface area contributed by atoms with Crippen LogP contribution in [0.5, 0.6) is 5.75 Å². The van der Waals surface area contributed by atoms with Crippen molar-refractivity contribution in [1.82, 2.24) is 0 Å². The van der Waals surface area contributed by atoms with Crippen LogP contribution < -0.4 is 10.5 Å². The summed E-state index contributed by atoms with van der Waals surface area (Å²) in [7, 11) is 0. The molecule has 0 aliphatic rings. The number of rotatable bonds is 4. The maximum atomic E-state index is 13.1. The molecule has 2 N–H and O–H groups in total. The second kappa shape index (κ2) is 5.46. The minimum absolute atomic E-state index is 0.149. The lowest BCUT2D eigenvalue weighted by Crippen LogP contribution is -2.18. The highest BCUT2D eigenvalue weighted by Gasteiger charge is 2.16. The van der Waals surface area contributed by atoms with Crippen molar-refractivity contribution in [2.75, 3.05) is 6.54 Å². The van der Waals surface area contributed by atoms with Gasteiger partial charge >= 0.3 is 0 Å². The summed E-state index contributed by atoms with van der Waals surface area (Å²) in [6.45, 7) is 2.20. The van der Waals surface area contributed by atoms with Crippen LogP contribution in [0.4, 0.5) is 8.78 Å². The SMILES string of the molecule is Cc1ccsc1C(CN)Oc1cc(F)cc(F)c1. The van der Waals surface area contributed by atoms with Crippen molar-refractivity contribution in [3.05, 3.63) is 51.7 Å². The molecule has 2 rings (SSSR count). The standard InChI is InChI=1S/C13H13F2NOS/c1-8-2-3-18-13(8)12(7-16)17-11-5-9(14)4-10(15)6-11/h2-6,12H,7,16H2,1H3. The third-order valence-corrected chi connectivity index (χ3v) is 3.63. The first kappa shape index (κ1) is 13.0. The van der Waals surface area contributed by atoms with Crippen LogP contribution in [0.2, 0.25) is 0 Å². The summed E-state index contributed by atoms with van der Waals surface area (Å²) in [6, 6.07) is 5.06. The van der Waals surface area contributed by atoms with Gasteiger partial charge in [-0.15, -0.1) is 11.3 Å². The number of hydrogen-bond acceptors (Lipinski definition) is 3. The van der Waals surface area contributed by atoms with Crippen LogP contribution >= 0.6 is 11.3 Å². The van der Waals surface area contributed by atoms with Gasteiger partial charge in [0.1, 0.15) is 23.5 Å². The van der Waals surface area contributed by atoms with E-state index in [1.54, 1.807) is 0 Å². The van der Waals surface area contributed by atoms with E-state index in [2.05, 4.69) is 0 Å². The molecule has 0 bridgehead atoms. The van der Waals surface area contributed by atoms with Gasteiger partial charge in [0.05, 0.1) is 0 Å². The van der Waals surface area contributed by atoms with Crippen LogP contribution in [-0.2, 0) is 0 Å². The van der Waals surface area contributed by atoms with Gasteiger partial charge in [-0.25, -0.2) is 8.78 Å². The van der Waals surface area contributed by atoms with Crippen LogP contribution in [0.15, 0.2) is 29.6 Å². The zero-order valence-electron chi connectivity index (χ0n) is 9.82. The van der Waals surface area contributed by atoms with E-state index in [1.807, 2.05) is 18.4 Å². The van der Waals surface area contributed by atoms with Crippen molar-refractivity contribution >= 4 is 11.3 Å². The Morgan fingerprint density at radius 2 is 1.94 bits per heavy atom. The van der Waals surface area contributed by atoms with Crippen LogP contribution in [0, 0.1) is 18.6 Å². The fourth-order valence-electron chi connectivity index (χ4n) is 1.68. The van der Waals surface area contributed by atoms with Gasteiger partial charge in [-0.2, -0.15) is 0 Å². The Morgan fingerprint density at radius 1 is 1.28 bits per heavy atom. The molecule has 0 saturated heterocycles. The van der Waals surface area contributed by atoms with Gasteiger partial charge in [-0.05, 0) is 23.9 Å². The molecule has 0 aliphatic carbocycles. The van der Waals surface area contributed by atoms with Crippen molar-refractivity contribution in [3.63, 3.8) is 0 Å². The molecular formula is C13H13F2NOS. The van der Waals surface area contributed by atoms with E-state index in [9.17, 15) is 8.78 Å². The van der Waals surface area contributed by atoms with E-state index in [0.29, 0.717) is 0 Å². The molecule has 0 aliphatic heterocycles. The highest BCUT2D eigenvalue weighted by Crippen LogP contribution is 2.28. The number of aryl methyl sites for hydroxylation is 1. The molecule has 18 heavy (non-hydrogen) atoms. The number of hydrogen-bond donors (Lipinski definition) is 1. The molecule has 1 aromatic carbocycles. The maximum Gasteiger partial charge on any atom is 0.145 e. The van der Waals surface area contributed by atoms with E-state index in [0.717, 1.165) is 28.6 Å². The molecule has 2 aromatic rings. The minimum atomic E-state index is -0.663. The van der Waals surface area contributed by atoms with E-state index in [-0.39, 0.29) is 18.4 Å². The van der Waals surface area contributed by atoms with Crippen molar-refractivity contribution in [2.45, 2.75) is 13.0 Å². The first-order valence-corrected chi connectivity index (χ1v) is 6.35. The third-order valence-electron chi connectivity index (χ3n) is 2.52. The molecular weight excluding hydrogens is 256 g/mol. The van der Waals surface area contributed by atoms with E-state index < -0.39 is 11.6 Å². The van der Waals surface area contributed by atoms with Gasteiger partial charge in [0, 0.05) is 29.6 Å². The molecule has 1 unspecified atom stereocenters. The van der Waals surface area contributed by atoms with Crippen LogP contribution in [0.25, 0.3) is 0 Å². The van der Waals surface area contributed by atoms with Crippen LogP contribution in [0.1, 0.15) is 16.5 Å². The summed E-state index contributed by atoms with van der Waals surface area (Å²) >= 11 is 1.52. The number of nitrogens with two attached hydrogens (primary N) is 1. The minimum Gasteiger partial charge on any atom is -0.483 e. The topological polar surface area (TPSA) is 35.2 Å². The maximum absolute atomic E-state index is 13.1. The zero-order chi connectivity index (χ0) is 13.1. The van der Waals surface area contributed by atoms with Gasteiger partial charge in [-0.1, -0.05) is 0 Å². The van der Waals surface area contributed by atoms with Gasteiger partial charge in [-0.3, -0.25) is 0 Å². The van der Waals surface area contributed by atoms with Crippen molar-refractivity contribution in [1.29, 1.82) is 0 Å². The Hall–Kier alpha value is -1.46. The average molecular weight is 269 g/mol. The highest BCUT2D eigenvalue weighted by atomic mass is 32.1. The predicted octanol–water partition coefficient (Wildman–Crippen LogP) is 3.41. The summed E-state index contributed by atoms with van der Waals surface area (Å²) in [5.41, 5.74) is 6.71. The van der Waals surface area contributed by atoms with Crippen molar-refractivity contribution in [3.8, 4) is 5.75 Å². The van der Waals surface area contributed by atoms with Crippen LogP contribution in [0.3, 0.4) is 0 Å². The lowest BCUT2D eigenvalue weighted by Gasteiger charge is -2.17. The second-order valence-corrected chi connectivity index (χ2v) is 4.86. The van der Waals surface area contributed by atoms with E-state index in [4.69, 9.17) is 10.5 Å². The van der Waals surface area contributed by atoms with Gasteiger partial charge < -0.3 is 10.5 Å². The van der Waals surface area contributed by atoms with Gasteiger partial charge in [0.25, 0.3) is 0 Å². The quantitative estimate of drug-likeness (QED) is 0.923. The zero-order valence-corrected chi connectivity index (χ0v) is 10.6. The molecule has 0 fully saturated rings. The third kappa shape index (κ3) is 2.86. The molecule has 0 amide bonds. The van der Waals surface area contributed by atoms with Gasteiger partial charge in [0.2, 0.25) is 0 Å². The lowest BCUT2D eigenvalue weighted by molar-refractivity contribution is 0.215. The normalized spacial score (nSPS) is 12.4. The van der Waals surface area contributed by atoms with Crippen molar-refractivity contribution < 1.29 is 13.5 Å².